The van der Waals surface area contributed by atoms with Crippen LogP contribution in [0.4, 0.5) is 0 Å². The summed E-state index contributed by atoms with van der Waals surface area (Å²) in [6.45, 7) is -0.0752. The van der Waals surface area contributed by atoms with E-state index in [0.717, 1.165) is 0 Å². The normalized spacial score (nSPS) is 13.0. The maximum absolute atomic E-state index is 2.66. The molecule has 0 bridgehead atoms. The maximum atomic E-state index is 2.66. The number of hydrogen-bond donors (Lipinski definition) is 0. The van der Waals surface area contributed by atoms with Gasteiger partial charge in [-0.25, -0.2) is 0 Å². The summed E-state index contributed by atoms with van der Waals surface area (Å²) in [5.41, 5.74) is 16.6. The lowest BCUT2D eigenvalue weighted by molar-refractivity contribution is 1.14. The summed E-state index contributed by atoms with van der Waals surface area (Å²) in [5.74, 6) is 0. The molecule has 0 saturated heterocycles. The lowest BCUT2D eigenvalue weighted by Gasteiger charge is -2.34. The van der Waals surface area contributed by atoms with E-state index in [4.69, 9.17) is 0 Å². The first-order valence-electron chi connectivity index (χ1n) is 28.8. The molecule has 0 unspecified atom stereocenters. The molecule has 21 rings (SSSR count). The predicted molar refractivity (Wildman–Crippen MR) is 361 cm³/mol. The highest BCUT2D eigenvalue weighted by Crippen LogP contribution is 2.50. The van der Waals surface area contributed by atoms with E-state index in [1.54, 1.807) is 0 Å². The molecule has 6 heterocycles. The Balaban J connectivity index is 0.924. The summed E-state index contributed by atoms with van der Waals surface area (Å²) in [4.78, 5) is 0. The SMILES string of the molecule is c1cc2c3c(c1)-n1c4ccc(-c5ccc6c(c5)sc5ccccc56)cc4c4c5c6ccccc6c6ccccc6c5cc(c41)B3c1cc3c4ccccc4c4ccccc4c3c3c4cc(-c5ccc6c(c5)sc5ccccc56)ccc4n-2c13. The highest BCUT2D eigenvalue weighted by molar-refractivity contribution is 7.26. The number of aromatic nitrogens is 2. The first kappa shape index (κ1) is 43.7. The molecule has 378 valence electrons. The minimum absolute atomic E-state index is 0.0752. The van der Waals surface area contributed by atoms with Gasteiger partial charge in [-0.1, -0.05) is 188 Å². The zero-order valence-electron chi connectivity index (χ0n) is 44.5. The van der Waals surface area contributed by atoms with Crippen molar-refractivity contribution in [3.63, 3.8) is 0 Å². The van der Waals surface area contributed by atoms with Gasteiger partial charge < -0.3 is 9.13 Å². The zero-order valence-corrected chi connectivity index (χ0v) is 46.1. The van der Waals surface area contributed by atoms with Gasteiger partial charge in [0.1, 0.15) is 0 Å². The minimum atomic E-state index is -0.0752. The quantitative estimate of drug-likeness (QED) is 0.121. The van der Waals surface area contributed by atoms with Crippen LogP contribution in [-0.4, -0.2) is 15.8 Å². The van der Waals surface area contributed by atoms with Gasteiger partial charge in [0.05, 0.1) is 22.1 Å². The van der Waals surface area contributed by atoms with Crippen molar-refractivity contribution in [2.75, 3.05) is 0 Å². The van der Waals surface area contributed by atoms with E-state index in [2.05, 4.69) is 258 Å². The van der Waals surface area contributed by atoms with Crippen molar-refractivity contribution in [2.45, 2.75) is 0 Å². The molecule has 0 saturated carbocycles. The van der Waals surface area contributed by atoms with E-state index in [0.29, 0.717) is 0 Å². The molecule has 2 aliphatic heterocycles. The molecule has 83 heavy (non-hydrogen) atoms. The molecular formula is C78H41BN2S2. The molecule has 2 nitrogen and oxygen atoms in total. The Morgan fingerprint density at radius 1 is 0.241 bits per heavy atom. The Bertz CT molecular complexity index is 5890. The fourth-order valence-electron chi connectivity index (χ4n) is 16.1. The molecule has 15 aromatic carbocycles. The summed E-state index contributed by atoms with van der Waals surface area (Å²) >= 11 is 3.78. The molecule has 0 fully saturated rings. The highest BCUT2D eigenvalue weighted by atomic mass is 32.1. The Labute approximate surface area is 482 Å². The Morgan fingerprint density at radius 3 is 1.04 bits per heavy atom. The predicted octanol–water partition coefficient (Wildman–Crippen LogP) is 20.0. The largest absolute Gasteiger partial charge is 0.310 e. The lowest BCUT2D eigenvalue weighted by atomic mass is 9.34. The average Bonchev–Trinajstić information content (AvgIpc) is 2.93. The van der Waals surface area contributed by atoms with Crippen LogP contribution >= 0.6 is 22.7 Å². The molecule has 0 atom stereocenters. The molecule has 19 aromatic rings. The van der Waals surface area contributed by atoms with Crippen LogP contribution in [0.15, 0.2) is 249 Å². The van der Waals surface area contributed by atoms with Gasteiger partial charge in [-0.2, -0.15) is 0 Å². The molecule has 0 spiro atoms. The van der Waals surface area contributed by atoms with Crippen molar-refractivity contribution >= 4 is 194 Å². The molecular weight excluding hydrogens is 1040 g/mol. The Hall–Kier alpha value is -10.0. The molecule has 5 heteroatoms. The number of nitrogens with zero attached hydrogens (tertiary/aromatic N) is 2. The molecule has 4 aromatic heterocycles. The standard InChI is InChI=1S/C78H41BN2S2/c1-3-18-50-46(14-1)48-16-5-7-22-56(48)72-58(50)40-62-77-74(72)60-36-42(44-28-32-54-52-20-9-11-26-68(52)82-70(54)38-44)30-34-64(60)80(77)66-24-13-25-67-76(66)79(62)63-41-59-51-19-4-2-15-47(51)49-17-6-8-23-57(49)73(59)75-61-37-43(31-35-65(61)81(67)78(63)75)45-29-33-55-53-21-10-12-27-69(53)83-71(55)39-45/h1-41H. The van der Waals surface area contributed by atoms with E-state index >= 15 is 0 Å². The van der Waals surface area contributed by atoms with Crippen molar-refractivity contribution in [3.05, 3.63) is 249 Å². The summed E-state index contributed by atoms with van der Waals surface area (Å²) < 4.78 is 10.6. The van der Waals surface area contributed by atoms with E-state index in [-0.39, 0.29) is 6.71 Å². The monoisotopic (exact) mass is 1080 g/mol. The summed E-state index contributed by atoms with van der Waals surface area (Å²) in [5, 5.41) is 26.1. The van der Waals surface area contributed by atoms with Gasteiger partial charge in [-0.3, -0.25) is 0 Å². The van der Waals surface area contributed by atoms with Gasteiger partial charge in [0, 0.05) is 84.0 Å². The molecule has 0 radical (unpaired) electrons. The highest BCUT2D eigenvalue weighted by Gasteiger charge is 2.42. The summed E-state index contributed by atoms with van der Waals surface area (Å²) in [6.07, 6.45) is 0. The van der Waals surface area contributed by atoms with Crippen LogP contribution in [-0.2, 0) is 0 Å². The van der Waals surface area contributed by atoms with E-state index < -0.39 is 0 Å². The lowest BCUT2D eigenvalue weighted by Crippen LogP contribution is -2.59. The van der Waals surface area contributed by atoms with Crippen LogP contribution in [0.1, 0.15) is 0 Å². The third-order valence-electron chi connectivity index (χ3n) is 19.4. The first-order chi connectivity index (χ1) is 41.2. The van der Waals surface area contributed by atoms with E-state index in [1.165, 1.54) is 199 Å². The second kappa shape index (κ2) is 15.5. The topological polar surface area (TPSA) is 9.86 Å². The van der Waals surface area contributed by atoms with Crippen molar-refractivity contribution < 1.29 is 0 Å². The van der Waals surface area contributed by atoms with Crippen molar-refractivity contribution in [1.29, 1.82) is 0 Å². The minimum Gasteiger partial charge on any atom is -0.310 e. The third-order valence-corrected chi connectivity index (χ3v) is 21.7. The van der Waals surface area contributed by atoms with Gasteiger partial charge in [0.15, 0.2) is 0 Å². The van der Waals surface area contributed by atoms with Crippen molar-refractivity contribution in [1.82, 2.24) is 9.13 Å². The molecule has 0 N–H and O–H groups in total. The average molecular weight is 1080 g/mol. The van der Waals surface area contributed by atoms with E-state index in [9.17, 15) is 0 Å². The third kappa shape index (κ3) is 5.46. The second-order valence-electron chi connectivity index (χ2n) is 23.3. The Kier molecular flexibility index (Phi) is 8.16. The second-order valence-corrected chi connectivity index (χ2v) is 25.5. The smallest absolute Gasteiger partial charge is 0.252 e. The summed E-state index contributed by atoms with van der Waals surface area (Å²) in [7, 11) is 0. The molecule has 0 aliphatic carbocycles. The van der Waals surface area contributed by atoms with Crippen LogP contribution in [0.25, 0.3) is 182 Å². The van der Waals surface area contributed by atoms with Gasteiger partial charge in [0.25, 0.3) is 6.71 Å². The van der Waals surface area contributed by atoms with Crippen LogP contribution in [0.5, 0.6) is 0 Å². The van der Waals surface area contributed by atoms with Crippen LogP contribution in [0.3, 0.4) is 0 Å². The van der Waals surface area contributed by atoms with Crippen LogP contribution in [0, 0.1) is 0 Å². The van der Waals surface area contributed by atoms with Gasteiger partial charge >= 0.3 is 0 Å². The van der Waals surface area contributed by atoms with Crippen LogP contribution in [0.2, 0.25) is 0 Å². The first-order valence-corrected chi connectivity index (χ1v) is 30.5. The van der Waals surface area contributed by atoms with Crippen molar-refractivity contribution in [2.24, 2.45) is 0 Å². The van der Waals surface area contributed by atoms with Crippen molar-refractivity contribution in [3.8, 4) is 33.6 Å². The number of fused-ring (bicyclic) bond motifs is 30. The Morgan fingerprint density at radius 2 is 0.590 bits per heavy atom. The van der Waals surface area contributed by atoms with Gasteiger partial charge in [-0.15, -0.1) is 22.7 Å². The molecule has 2 aliphatic rings. The number of rotatable bonds is 2. The number of thiophene rings is 2. The fourth-order valence-corrected chi connectivity index (χ4v) is 18.4. The maximum Gasteiger partial charge on any atom is 0.252 e. The zero-order chi connectivity index (χ0) is 53.5. The fraction of sp³-hybridized carbons (Fsp3) is 0. The van der Waals surface area contributed by atoms with Gasteiger partial charge in [-0.05, 0) is 153 Å². The van der Waals surface area contributed by atoms with Crippen LogP contribution < -0.4 is 16.4 Å². The number of benzene rings is 15. The van der Waals surface area contributed by atoms with E-state index in [1.807, 2.05) is 22.7 Å². The number of hydrogen-bond acceptors (Lipinski definition) is 2. The summed E-state index contributed by atoms with van der Waals surface area (Å²) in [6, 6.07) is 95.6. The molecule has 0 amide bonds. The van der Waals surface area contributed by atoms with Gasteiger partial charge in [0.2, 0.25) is 0 Å².